The first-order valence-corrected chi connectivity index (χ1v) is 9.26. The molecule has 0 N–H and O–H groups in total. The molecule has 0 saturated carbocycles. The molecule has 3 heterocycles. The fourth-order valence-corrected chi connectivity index (χ4v) is 5.23. The second kappa shape index (κ2) is 6.17. The van der Waals surface area contributed by atoms with E-state index in [4.69, 9.17) is 16.3 Å². The SMILES string of the molecule is O=S(=O)(c1ccc(Cl)s1)N1CC(Oc2ncccc2C(F)(F)F)C1. The molecule has 24 heavy (non-hydrogen) atoms. The van der Waals surface area contributed by atoms with Crippen molar-refractivity contribution in [2.24, 2.45) is 0 Å². The Morgan fingerprint density at radius 3 is 2.58 bits per heavy atom. The van der Waals surface area contributed by atoms with Crippen molar-refractivity contribution in [2.75, 3.05) is 13.1 Å². The molecule has 0 spiro atoms. The normalized spacial score (nSPS) is 16.8. The number of ether oxygens (including phenoxy) is 1. The number of pyridine rings is 1. The van der Waals surface area contributed by atoms with Crippen LogP contribution < -0.4 is 4.74 Å². The standard InChI is InChI=1S/C13H10ClF3N2O3S2/c14-10-3-4-11(23-10)24(20,21)19-6-8(7-19)22-12-9(13(15,16)17)2-1-5-18-12/h1-5,8H,6-7H2. The van der Waals surface area contributed by atoms with Gasteiger partial charge in [0.2, 0.25) is 5.88 Å². The van der Waals surface area contributed by atoms with E-state index in [2.05, 4.69) is 4.98 Å². The van der Waals surface area contributed by atoms with Gasteiger partial charge in [-0.15, -0.1) is 11.3 Å². The van der Waals surface area contributed by atoms with Gasteiger partial charge in [-0.25, -0.2) is 13.4 Å². The molecule has 2 aromatic rings. The number of halogens is 4. The van der Waals surface area contributed by atoms with Crippen LogP contribution in [0.3, 0.4) is 0 Å². The van der Waals surface area contributed by atoms with Gasteiger partial charge < -0.3 is 4.74 Å². The predicted octanol–water partition coefficient (Wildman–Crippen LogP) is 3.27. The summed E-state index contributed by atoms with van der Waals surface area (Å²) in [6, 6.07) is 4.88. The van der Waals surface area contributed by atoms with Crippen molar-refractivity contribution >= 4 is 33.0 Å². The summed E-state index contributed by atoms with van der Waals surface area (Å²) in [4.78, 5) is 3.59. The smallest absolute Gasteiger partial charge is 0.421 e. The minimum Gasteiger partial charge on any atom is -0.471 e. The third kappa shape index (κ3) is 3.37. The summed E-state index contributed by atoms with van der Waals surface area (Å²) in [7, 11) is -3.70. The van der Waals surface area contributed by atoms with E-state index in [-0.39, 0.29) is 17.3 Å². The number of rotatable bonds is 4. The van der Waals surface area contributed by atoms with Crippen molar-refractivity contribution in [3.05, 3.63) is 40.4 Å². The van der Waals surface area contributed by atoms with E-state index in [1.54, 1.807) is 0 Å². The highest BCUT2D eigenvalue weighted by Crippen LogP contribution is 2.36. The van der Waals surface area contributed by atoms with Crippen molar-refractivity contribution < 1.29 is 26.3 Å². The van der Waals surface area contributed by atoms with Gasteiger partial charge in [0, 0.05) is 6.20 Å². The Balaban J connectivity index is 1.68. The number of alkyl halides is 3. The second-order valence-electron chi connectivity index (χ2n) is 4.97. The lowest BCUT2D eigenvalue weighted by molar-refractivity contribution is -0.140. The molecule has 1 aliphatic heterocycles. The third-order valence-electron chi connectivity index (χ3n) is 3.31. The van der Waals surface area contributed by atoms with Crippen LogP contribution in [0.15, 0.2) is 34.7 Å². The highest BCUT2D eigenvalue weighted by Gasteiger charge is 2.41. The summed E-state index contributed by atoms with van der Waals surface area (Å²) in [6.07, 6.45) is -4.09. The van der Waals surface area contributed by atoms with Gasteiger partial charge in [-0.1, -0.05) is 11.6 Å². The second-order valence-corrected chi connectivity index (χ2v) is 8.85. The summed E-state index contributed by atoms with van der Waals surface area (Å²) in [5.41, 5.74) is -0.989. The lowest BCUT2D eigenvalue weighted by Gasteiger charge is -2.37. The molecule has 1 saturated heterocycles. The molecule has 0 atom stereocenters. The number of nitrogens with zero attached hydrogens (tertiary/aromatic N) is 2. The van der Waals surface area contributed by atoms with Gasteiger partial charge in [-0.05, 0) is 24.3 Å². The number of sulfonamides is 1. The number of thiophene rings is 1. The Morgan fingerprint density at radius 1 is 1.29 bits per heavy atom. The Kier molecular flexibility index (Phi) is 4.49. The van der Waals surface area contributed by atoms with E-state index < -0.39 is 33.7 Å². The summed E-state index contributed by atoms with van der Waals surface area (Å²) in [6.45, 7) is -0.0998. The van der Waals surface area contributed by atoms with Crippen molar-refractivity contribution in [2.45, 2.75) is 16.5 Å². The van der Waals surface area contributed by atoms with Crippen LogP contribution in [-0.4, -0.2) is 36.9 Å². The fraction of sp³-hybridized carbons (Fsp3) is 0.308. The molecule has 130 valence electrons. The van der Waals surface area contributed by atoms with E-state index in [1.807, 2.05) is 0 Å². The van der Waals surface area contributed by atoms with Crippen molar-refractivity contribution in [3.63, 3.8) is 0 Å². The molecule has 0 aliphatic carbocycles. The van der Waals surface area contributed by atoms with Gasteiger partial charge in [0.1, 0.15) is 15.9 Å². The lowest BCUT2D eigenvalue weighted by atomic mass is 10.2. The molecule has 5 nitrogen and oxygen atoms in total. The molecule has 0 aromatic carbocycles. The number of aromatic nitrogens is 1. The van der Waals surface area contributed by atoms with Crippen molar-refractivity contribution in [1.82, 2.24) is 9.29 Å². The van der Waals surface area contributed by atoms with Crippen LogP contribution in [0, 0.1) is 0 Å². The van der Waals surface area contributed by atoms with Gasteiger partial charge >= 0.3 is 6.18 Å². The number of hydrogen-bond acceptors (Lipinski definition) is 5. The number of hydrogen-bond donors (Lipinski definition) is 0. The maximum Gasteiger partial charge on any atom is 0.421 e. The van der Waals surface area contributed by atoms with Crippen LogP contribution in [0.2, 0.25) is 4.34 Å². The van der Waals surface area contributed by atoms with Gasteiger partial charge in [0.15, 0.2) is 0 Å². The molecule has 0 bridgehead atoms. The molecule has 1 fully saturated rings. The van der Waals surface area contributed by atoms with Crippen molar-refractivity contribution in [1.29, 1.82) is 0 Å². The van der Waals surface area contributed by atoms with E-state index in [0.29, 0.717) is 4.34 Å². The van der Waals surface area contributed by atoms with Gasteiger partial charge in [-0.3, -0.25) is 0 Å². The molecule has 1 aliphatic rings. The highest BCUT2D eigenvalue weighted by molar-refractivity contribution is 7.91. The molecule has 3 rings (SSSR count). The molecular weight excluding hydrogens is 389 g/mol. The molecule has 11 heteroatoms. The first-order chi connectivity index (χ1) is 11.2. The molecule has 0 amide bonds. The quantitative estimate of drug-likeness (QED) is 0.793. The summed E-state index contributed by atoms with van der Waals surface area (Å²) in [5, 5.41) is 0. The minimum atomic E-state index is -4.59. The zero-order valence-electron chi connectivity index (χ0n) is 11.8. The van der Waals surface area contributed by atoms with E-state index in [1.165, 1.54) is 18.3 Å². The van der Waals surface area contributed by atoms with Crippen LogP contribution in [0.25, 0.3) is 0 Å². The fourth-order valence-electron chi connectivity index (χ4n) is 2.09. The minimum absolute atomic E-state index is 0.0499. The Labute approximate surface area is 144 Å². The van der Waals surface area contributed by atoms with Crippen LogP contribution in [0.4, 0.5) is 13.2 Å². The molecule has 0 radical (unpaired) electrons. The van der Waals surface area contributed by atoms with Crippen molar-refractivity contribution in [3.8, 4) is 5.88 Å². The van der Waals surface area contributed by atoms with Gasteiger partial charge in [0.25, 0.3) is 10.0 Å². The third-order valence-corrected chi connectivity index (χ3v) is 6.84. The van der Waals surface area contributed by atoms with Gasteiger partial charge in [-0.2, -0.15) is 17.5 Å². The highest BCUT2D eigenvalue weighted by atomic mass is 35.5. The van der Waals surface area contributed by atoms with Crippen LogP contribution in [0.1, 0.15) is 5.56 Å². The summed E-state index contributed by atoms with van der Waals surface area (Å²) < 4.78 is 69.9. The first kappa shape index (κ1) is 17.5. The van der Waals surface area contributed by atoms with E-state index >= 15 is 0 Å². The molecule has 0 unspecified atom stereocenters. The monoisotopic (exact) mass is 398 g/mol. The predicted molar refractivity (Wildman–Crippen MR) is 81.7 cm³/mol. The Morgan fingerprint density at radius 2 is 2.00 bits per heavy atom. The zero-order chi connectivity index (χ0) is 17.5. The van der Waals surface area contributed by atoms with Crippen LogP contribution in [-0.2, 0) is 16.2 Å². The maximum atomic E-state index is 12.9. The maximum absolute atomic E-state index is 12.9. The Hall–Kier alpha value is -1.36. The van der Waals surface area contributed by atoms with E-state index in [9.17, 15) is 21.6 Å². The van der Waals surface area contributed by atoms with Gasteiger partial charge in [0.05, 0.1) is 17.4 Å². The molecule has 2 aromatic heterocycles. The first-order valence-electron chi connectivity index (χ1n) is 6.62. The average Bonchev–Trinajstić information content (AvgIpc) is 2.89. The summed E-state index contributed by atoms with van der Waals surface area (Å²) >= 11 is 6.64. The van der Waals surface area contributed by atoms with E-state index in [0.717, 1.165) is 27.8 Å². The molecular formula is C13H10ClF3N2O3S2. The lowest BCUT2D eigenvalue weighted by Crippen LogP contribution is -2.56. The topological polar surface area (TPSA) is 59.5 Å². The van der Waals surface area contributed by atoms with Crippen LogP contribution in [0.5, 0.6) is 5.88 Å². The van der Waals surface area contributed by atoms with Crippen LogP contribution >= 0.6 is 22.9 Å². The largest absolute Gasteiger partial charge is 0.471 e. The zero-order valence-corrected chi connectivity index (χ0v) is 14.2. The Bertz CT molecular complexity index is 848. The summed E-state index contributed by atoms with van der Waals surface area (Å²) in [5.74, 6) is -0.550. The average molecular weight is 399 g/mol.